The highest BCUT2D eigenvalue weighted by Crippen LogP contribution is 2.24. The summed E-state index contributed by atoms with van der Waals surface area (Å²) in [6.07, 6.45) is 3.31. The van der Waals surface area contributed by atoms with Crippen molar-refractivity contribution < 1.29 is 4.79 Å². The Morgan fingerprint density at radius 3 is 2.45 bits per heavy atom. The van der Waals surface area contributed by atoms with Gasteiger partial charge in [0.25, 0.3) is 5.91 Å². The summed E-state index contributed by atoms with van der Waals surface area (Å²) in [4.78, 5) is 14.6. The molecule has 0 aliphatic carbocycles. The van der Waals surface area contributed by atoms with Crippen LogP contribution in [-0.2, 0) is 5.41 Å². The smallest absolute Gasteiger partial charge is 0.253 e. The molecule has 1 aliphatic heterocycles. The highest BCUT2D eigenvalue weighted by atomic mass is 35.5. The zero-order valence-corrected chi connectivity index (χ0v) is 14.8. The van der Waals surface area contributed by atoms with Crippen LogP contribution in [0.2, 0.25) is 0 Å². The molecule has 2 rings (SSSR count). The van der Waals surface area contributed by atoms with E-state index in [1.807, 2.05) is 17.0 Å². The molecule has 1 aromatic rings. The number of nitrogens with two attached hydrogens (primary N) is 1. The van der Waals surface area contributed by atoms with E-state index in [0.717, 1.165) is 31.5 Å². The predicted molar refractivity (Wildman–Crippen MR) is 94.7 cm³/mol. The molecule has 0 aromatic heterocycles. The van der Waals surface area contributed by atoms with Gasteiger partial charge in [-0.1, -0.05) is 32.9 Å². The minimum absolute atomic E-state index is 0. The monoisotopic (exact) mass is 324 g/mol. The first-order chi connectivity index (χ1) is 9.91. The van der Waals surface area contributed by atoms with Gasteiger partial charge in [-0.3, -0.25) is 4.79 Å². The standard InChI is InChI=1S/C18H28N2O.ClH/c1-18(2,3)16-8-6-15(7-9-16)17(21)20-12-4-5-14(13-20)10-11-19;/h6-9,14H,4-5,10-13,19H2,1-3H3;1H. The average molecular weight is 325 g/mol. The van der Waals surface area contributed by atoms with Crippen molar-refractivity contribution in [2.45, 2.75) is 45.4 Å². The Morgan fingerprint density at radius 2 is 1.91 bits per heavy atom. The Kier molecular flexibility index (Phi) is 6.89. The zero-order valence-electron chi connectivity index (χ0n) is 14.0. The summed E-state index contributed by atoms with van der Waals surface area (Å²) in [5.41, 5.74) is 7.83. The molecule has 1 aliphatic rings. The summed E-state index contributed by atoms with van der Waals surface area (Å²) in [5.74, 6) is 0.735. The fourth-order valence-corrected chi connectivity index (χ4v) is 3.02. The zero-order chi connectivity index (χ0) is 15.5. The van der Waals surface area contributed by atoms with Gasteiger partial charge in [-0.2, -0.15) is 0 Å². The number of benzene rings is 1. The van der Waals surface area contributed by atoms with Gasteiger partial charge in [-0.05, 0) is 54.8 Å². The number of amides is 1. The SMILES string of the molecule is CC(C)(C)c1ccc(C(=O)N2CCCC(CCN)C2)cc1.Cl. The topological polar surface area (TPSA) is 46.3 Å². The number of likely N-dealkylation sites (tertiary alicyclic amines) is 1. The van der Waals surface area contributed by atoms with E-state index in [9.17, 15) is 4.79 Å². The van der Waals surface area contributed by atoms with Crippen LogP contribution in [0.1, 0.15) is 56.0 Å². The first-order valence-electron chi connectivity index (χ1n) is 8.01. The molecule has 0 bridgehead atoms. The molecule has 0 radical (unpaired) electrons. The third-order valence-corrected chi connectivity index (χ3v) is 4.38. The average Bonchev–Trinajstić information content (AvgIpc) is 2.46. The lowest BCUT2D eigenvalue weighted by molar-refractivity contribution is 0.0669. The lowest BCUT2D eigenvalue weighted by Crippen LogP contribution is -2.40. The highest BCUT2D eigenvalue weighted by Gasteiger charge is 2.24. The Bertz CT molecular complexity index is 477. The lowest BCUT2D eigenvalue weighted by Gasteiger charge is -2.33. The van der Waals surface area contributed by atoms with Crippen LogP contribution in [0.5, 0.6) is 0 Å². The summed E-state index contributed by atoms with van der Waals surface area (Å²) in [6, 6.07) is 8.09. The summed E-state index contributed by atoms with van der Waals surface area (Å²) >= 11 is 0. The first-order valence-corrected chi connectivity index (χ1v) is 8.01. The van der Waals surface area contributed by atoms with E-state index in [2.05, 4.69) is 32.9 Å². The van der Waals surface area contributed by atoms with Crippen molar-refractivity contribution >= 4 is 18.3 Å². The maximum atomic E-state index is 12.6. The Labute approximate surface area is 140 Å². The number of carbonyl (C=O) groups is 1. The molecule has 1 amide bonds. The van der Waals surface area contributed by atoms with Crippen molar-refractivity contribution in [2.24, 2.45) is 11.7 Å². The summed E-state index contributed by atoms with van der Waals surface area (Å²) < 4.78 is 0. The number of hydrogen-bond donors (Lipinski definition) is 1. The molecule has 1 unspecified atom stereocenters. The van der Waals surface area contributed by atoms with E-state index in [4.69, 9.17) is 5.73 Å². The molecule has 1 saturated heterocycles. The number of carbonyl (C=O) groups excluding carboxylic acids is 1. The fraction of sp³-hybridized carbons (Fsp3) is 0.611. The summed E-state index contributed by atoms with van der Waals surface area (Å²) in [5, 5.41) is 0. The van der Waals surface area contributed by atoms with Gasteiger partial charge < -0.3 is 10.6 Å². The van der Waals surface area contributed by atoms with E-state index in [0.29, 0.717) is 12.5 Å². The van der Waals surface area contributed by atoms with Crippen LogP contribution in [-0.4, -0.2) is 30.4 Å². The minimum atomic E-state index is 0. The maximum absolute atomic E-state index is 12.6. The predicted octanol–water partition coefficient (Wildman–Crippen LogP) is 3.61. The number of piperidine rings is 1. The van der Waals surface area contributed by atoms with Gasteiger partial charge in [0.2, 0.25) is 0 Å². The molecule has 1 fully saturated rings. The van der Waals surface area contributed by atoms with E-state index in [1.165, 1.54) is 12.0 Å². The molecular weight excluding hydrogens is 296 g/mol. The summed E-state index contributed by atoms with van der Waals surface area (Å²) in [7, 11) is 0. The second kappa shape index (κ2) is 7.98. The normalized spacial score (nSPS) is 18.7. The van der Waals surface area contributed by atoms with Crippen molar-refractivity contribution in [1.29, 1.82) is 0 Å². The van der Waals surface area contributed by atoms with Crippen molar-refractivity contribution in [3.05, 3.63) is 35.4 Å². The van der Waals surface area contributed by atoms with Crippen LogP contribution < -0.4 is 5.73 Å². The number of hydrogen-bond acceptors (Lipinski definition) is 2. The molecule has 1 atom stereocenters. The van der Waals surface area contributed by atoms with Gasteiger partial charge in [-0.25, -0.2) is 0 Å². The van der Waals surface area contributed by atoms with Gasteiger partial charge in [0.15, 0.2) is 0 Å². The van der Waals surface area contributed by atoms with Crippen molar-refractivity contribution in [2.75, 3.05) is 19.6 Å². The van der Waals surface area contributed by atoms with E-state index in [1.54, 1.807) is 0 Å². The van der Waals surface area contributed by atoms with Gasteiger partial charge in [0.1, 0.15) is 0 Å². The Morgan fingerprint density at radius 1 is 1.27 bits per heavy atom. The van der Waals surface area contributed by atoms with E-state index in [-0.39, 0.29) is 23.7 Å². The number of halogens is 1. The molecule has 1 aromatic carbocycles. The van der Waals surface area contributed by atoms with Crippen LogP contribution in [0, 0.1) is 5.92 Å². The maximum Gasteiger partial charge on any atom is 0.253 e. The molecule has 124 valence electrons. The molecule has 3 nitrogen and oxygen atoms in total. The molecule has 1 heterocycles. The van der Waals surface area contributed by atoms with Crippen molar-refractivity contribution in [1.82, 2.24) is 4.90 Å². The van der Waals surface area contributed by atoms with Gasteiger partial charge in [-0.15, -0.1) is 12.4 Å². The first kappa shape index (κ1) is 19.0. The molecule has 0 spiro atoms. The number of nitrogens with zero attached hydrogens (tertiary/aromatic N) is 1. The Hall–Kier alpha value is -1.06. The van der Waals surface area contributed by atoms with E-state index >= 15 is 0 Å². The molecule has 22 heavy (non-hydrogen) atoms. The van der Waals surface area contributed by atoms with Gasteiger partial charge in [0.05, 0.1) is 0 Å². The van der Waals surface area contributed by atoms with E-state index < -0.39 is 0 Å². The van der Waals surface area contributed by atoms with Crippen molar-refractivity contribution in [3.63, 3.8) is 0 Å². The Balaban J connectivity index is 0.00000242. The van der Waals surface area contributed by atoms with Gasteiger partial charge >= 0.3 is 0 Å². The van der Waals surface area contributed by atoms with Crippen LogP contribution in [0.4, 0.5) is 0 Å². The van der Waals surface area contributed by atoms with Crippen LogP contribution in [0.15, 0.2) is 24.3 Å². The molecular formula is C18H29ClN2O. The largest absolute Gasteiger partial charge is 0.338 e. The fourth-order valence-electron chi connectivity index (χ4n) is 3.02. The second-order valence-corrected chi connectivity index (χ2v) is 7.16. The molecule has 0 saturated carbocycles. The quantitative estimate of drug-likeness (QED) is 0.923. The molecule has 2 N–H and O–H groups in total. The summed E-state index contributed by atoms with van der Waals surface area (Å²) in [6.45, 7) is 9.01. The minimum Gasteiger partial charge on any atom is -0.338 e. The highest BCUT2D eigenvalue weighted by molar-refractivity contribution is 5.94. The van der Waals surface area contributed by atoms with Crippen LogP contribution in [0.25, 0.3) is 0 Å². The van der Waals surface area contributed by atoms with Gasteiger partial charge in [0, 0.05) is 18.7 Å². The third kappa shape index (κ3) is 4.72. The molecule has 4 heteroatoms. The number of rotatable bonds is 3. The third-order valence-electron chi connectivity index (χ3n) is 4.38. The van der Waals surface area contributed by atoms with Crippen molar-refractivity contribution in [3.8, 4) is 0 Å². The lowest BCUT2D eigenvalue weighted by atomic mass is 9.86. The van der Waals surface area contributed by atoms with Crippen LogP contribution in [0.3, 0.4) is 0 Å². The van der Waals surface area contributed by atoms with Crippen LogP contribution >= 0.6 is 12.4 Å². The second-order valence-electron chi connectivity index (χ2n) is 7.16.